The molecule has 0 unspecified atom stereocenters. The monoisotopic (exact) mass is 228 g/mol. The molecule has 0 rings (SSSR count). The molecule has 0 heterocycles. The summed E-state index contributed by atoms with van der Waals surface area (Å²) >= 11 is 0. The Balaban J connectivity index is 4.77. The van der Waals surface area contributed by atoms with E-state index in [4.69, 9.17) is 0 Å². The fraction of sp³-hybridized carbons (Fsp3) is 0.667. The minimum atomic E-state index is -0.475. The number of hydrogen-bond acceptors (Lipinski definition) is 4. The smallest absolute Gasteiger partial charge is 0.334 e. The minimum absolute atomic E-state index is 0.338. The van der Waals surface area contributed by atoms with Crippen LogP contribution >= 0.6 is 0 Å². The van der Waals surface area contributed by atoms with Crippen molar-refractivity contribution in [2.24, 2.45) is 0 Å². The normalized spacial score (nSPS) is 11.8. The molecule has 0 aromatic carbocycles. The third-order valence-electron chi connectivity index (χ3n) is 2.41. The highest BCUT2D eigenvalue weighted by atomic mass is 16.5. The van der Waals surface area contributed by atoms with Crippen LogP contribution in [0.5, 0.6) is 0 Å². The van der Waals surface area contributed by atoms with Gasteiger partial charge in [0.2, 0.25) is 0 Å². The highest BCUT2D eigenvalue weighted by Crippen LogP contribution is 2.16. The van der Waals surface area contributed by atoms with Crippen LogP contribution in [0.25, 0.3) is 0 Å². The molecule has 0 amide bonds. The van der Waals surface area contributed by atoms with Gasteiger partial charge in [0.25, 0.3) is 0 Å². The average Bonchev–Trinajstić information content (AvgIpc) is 2.32. The Morgan fingerprint density at radius 2 is 1.56 bits per heavy atom. The number of methoxy groups -OCH3 is 2. The predicted octanol–water partition coefficient (Wildman–Crippen LogP) is 2.23. The molecule has 4 nitrogen and oxygen atoms in total. The molecule has 16 heavy (non-hydrogen) atoms. The first kappa shape index (κ1) is 14.7. The van der Waals surface area contributed by atoms with Gasteiger partial charge in [-0.25, -0.2) is 9.59 Å². The molecule has 0 N–H and O–H groups in total. The van der Waals surface area contributed by atoms with E-state index in [-0.39, 0.29) is 0 Å². The molecule has 0 fully saturated rings. The summed E-state index contributed by atoms with van der Waals surface area (Å²) < 4.78 is 9.24. The summed E-state index contributed by atoms with van der Waals surface area (Å²) in [6, 6.07) is 0. The third kappa shape index (κ3) is 4.47. The Kier molecular flexibility index (Phi) is 7.25. The molecule has 0 aliphatic heterocycles. The number of unbranched alkanes of at least 4 members (excludes halogenated alkanes) is 2. The summed E-state index contributed by atoms with van der Waals surface area (Å²) in [6.45, 7) is 3.67. The number of hydrogen-bond donors (Lipinski definition) is 0. The quantitative estimate of drug-likeness (QED) is 0.397. The van der Waals surface area contributed by atoms with Gasteiger partial charge in [-0.2, -0.15) is 0 Å². The SMILES string of the molecule is CCCCCC(C(=O)OC)=C(C)C(=O)OC. The Labute approximate surface area is 96.6 Å². The van der Waals surface area contributed by atoms with Gasteiger partial charge < -0.3 is 9.47 Å². The van der Waals surface area contributed by atoms with Crippen LogP contribution in [0.1, 0.15) is 39.5 Å². The van der Waals surface area contributed by atoms with Crippen LogP contribution < -0.4 is 0 Å². The topological polar surface area (TPSA) is 52.6 Å². The van der Waals surface area contributed by atoms with Gasteiger partial charge in [-0.05, 0) is 19.8 Å². The maximum absolute atomic E-state index is 11.5. The number of carbonyl (C=O) groups excluding carboxylic acids is 2. The van der Waals surface area contributed by atoms with Crippen LogP contribution in [0.3, 0.4) is 0 Å². The van der Waals surface area contributed by atoms with Crippen molar-refractivity contribution >= 4 is 11.9 Å². The zero-order chi connectivity index (χ0) is 12.6. The summed E-state index contributed by atoms with van der Waals surface area (Å²) in [7, 11) is 2.61. The van der Waals surface area contributed by atoms with E-state index in [1.54, 1.807) is 6.92 Å². The van der Waals surface area contributed by atoms with Crippen LogP contribution in [0.2, 0.25) is 0 Å². The van der Waals surface area contributed by atoms with Crippen LogP contribution in [0.4, 0.5) is 0 Å². The standard InChI is InChI=1S/C12H20O4/c1-5-6-7-8-10(12(14)16-4)9(2)11(13)15-3/h5-8H2,1-4H3. The molecule has 0 aromatic heterocycles. The van der Waals surface area contributed by atoms with Crippen molar-refractivity contribution in [3.63, 3.8) is 0 Å². The Morgan fingerprint density at radius 1 is 1.00 bits per heavy atom. The van der Waals surface area contributed by atoms with E-state index in [1.165, 1.54) is 14.2 Å². The maximum Gasteiger partial charge on any atom is 0.334 e. The van der Waals surface area contributed by atoms with E-state index in [0.717, 1.165) is 19.3 Å². The van der Waals surface area contributed by atoms with Gasteiger partial charge in [-0.3, -0.25) is 0 Å². The van der Waals surface area contributed by atoms with Crippen molar-refractivity contribution in [1.29, 1.82) is 0 Å². The largest absolute Gasteiger partial charge is 0.466 e. The first-order valence-corrected chi connectivity index (χ1v) is 5.44. The average molecular weight is 228 g/mol. The highest BCUT2D eigenvalue weighted by molar-refractivity contribution is 5.99. The molecule has 4 heteroatoms. The molecule has 0 bridgehead atoms. The van der Waals surface area contributed by atoms with Gasteiger partial charge in [0.15, 0.2) is 0 Å². The molecule has 92 valence electrons. The second-order valence-electron chi connectivity index (χ2n) is 3.54. The molecule has 0 atom stereocenters. The summed E-state index contributed by atoms with van der Waals surface area (Å²) in [5.41, 5.74) is 0.758. The van der Waals surface area contributed by atoms with Gasteiger partial charge in [-0.15, -0.1) is 0 Å². The van der Waals surface area contributed by atoms with Gasteiger partial charge in [-0.1, -0.05) is 19.8 Å². The summed E-state index contributed by atoms with van der Waals surface area (Å²) in [5.74, 6) is -0.920. The first-order valence-electron chi connectivity index (χ1n) is 5.44. The molecular weight excluding hydrogens is 208 g/mol. The lowest BCUT2D eigenvalue weighted by molar-refractivity contribution is -0.139. The van der Waals surface area contributed by atoms with Gasteiger partial charge >= 0.3 is 11.9 Å². The van der Waals surface area contributed by atoms with Gasteiger partial charge in [0.05, 0.1) is 14.2 Å². The van der Waals surface area contributed by atoms with E-state index in [1.807, 2.05) is 0 Å². The van der Waals surface area contributed by atoms with E-state index in [9.17, 15) is 9.59 Å². The maximum atomic E-state index is 11.5. The number of ether oxygens (including phenoxy) is 2. The number of carbonyl (C=O) groups is 2. The Morgan fingerprint density at radius 3 is 2.00 bits per heavy atom. The second kappa shape index (κ2) is 7.91. The molecular formula is C12H20O4. The van der Waals surface area contributed by atoms with Crippen LogP contribution in [0, 0.1) is 0 Å². The fourth-order valence-electron chi connectivity index (χ4n) is 1.39. The Hall–Kier alpha value is -1.32. The number of rotatable bonds is 6. The van der Waals surface area contributed by atoms with Crippen molar-refractivity contribution in [3.05, 3.63) is 11.1 Å². The van der Waals surface area contributed by atoms with Gasteiger partial charge in [0.1, 0.15) is 0 Å². The zero-order valence-electron chi connectivity index (χ0n) is 10.5. The molecule has 0 aromatic rings. The van der Waals surface area contributed by atoms with Gasteiger partial charge in [0, 0.05) is 11.1 Å². The van der Waals surface area contributed by atoms with Crippen molar-refractivity contribution in [1.82, 2.24) is 0 Å². The van der Waals surface area contributed by atoms with Crippen molar-refractivity contribution in [2.45, 2.75) is 39.5 Å². The van der Waals surface area contributed by atoms with E-state index in [0.29, 0.717) is 17.6 Å². The van der Waals surface area contributed by atoms with E-state index >= 15 is 0 Å². The summed E-state index contributed by atoms with van der Waals surface area (Å²) in [4.78, 5) is 22.8. The van der Waals surface area contributed by atoms with E-state index in [2.05, 4.69) is 16.4 Å². The summed E-state index contributed by atoms with van der Waals surface area (Å²) in [6.07, 6.45) is 3.51. The molecule has 0 aliphatic carbocycles. The van der Waals surface area contributed by atoms with Crippen molar-refractivity contribution < 1.29 is 19.1 Å². The molecule has 0 aliphatic rings. The predicted molar refractivity (Wildman–Crippen MR) is 60.9 cm³/mol. The summed E-state index contributed by atoms with van der Waals surface area (Å²) in [5, 5.41) is 0. The second-order valence-corrected chi connectivity index (χ2v) is 3.54. The van der Waals surface area contributed by atoms with Crippen LogP contribution in [0.15, 0.2) is 11.1 Å². The fourth-order valence-corrected chi connectivity index (χ4v) is 1.39. The molecule has 0 saturated heterocycles. The molecule has 0 spiro atoms. The minimum Gasteiger partial charge on any atom is -0.466 e. The first-order chi connectivity index (χ1) is 7.58. The molecule has 0 radical (unpaired) electrons. The lowest BCUT2D eigenvalue weighted by Gasteiger charge is -2.08. The molecule has 0 saturated carbocycles. The van der Waals surface area contributed by atoms with Crippen molar-refractivity contribution in [3.8, 4) is 0 Å². The lowest BCUT2D eigenvalue weighted by atomic mass is 10.0. The highest BCUT2D eigenvalue weighted by Gasteiger charge is 2.17. The van der Waals surface area contributed by atoms with Crippen molar-refractivity contribution in [2.75, 3.05) is 14.2 Å². The Bertz CT molecular complexity index is 279. The van der Waals surface area contributed by atoms with E-state index < -0.39 is 11.9 Å². The van der Waals surface area contributed by atoms with Crippen LogP contribution in [-0.4, -0.2) is 26.2 Å². The van der Waals surface area contributed by atoms with Crippen LogP contribution in [-0.2, 0) is 19.1 Å². The third-order valence-corrected chi connectivity index (χ3v) is 2.41. The zero-order valence-corrected chi connectivity index (χ0v) is 10.5. The number of esters is 2. The lowest BCUT2D eigenvalue weighted by Crippen LogP contribution is -2.13.